The number of oxazole rings is 1. The van der Waals surface area contributed by atoms with Crippen LogP contribution in [0.4, 0.5) is 8.78 Å². The number of aromatic nitrogens is 6. The lowest BCUT2D eigenvalue weighted by Crippen LogP contribution is -2.18. The molecule has 0 fully saturated rings. The summed E-state index contributed by atoms with van der Waals surface area (Å²) in [4.78, 5) is 20.1. The Bertz CT molecular complexity index is 1490. The number of hydrogen-bond acceptors (Lipinski definition) is 9. The van der Waals surface area contributed by atoms with Gasteiger partial charge >= 0.3 is 6.43 Å². The molecule has 10 nitrogen and oxygen atoms in total. The van der Waals surface area contributed by atoms with Crippen molar-refractivity contribution in [2.24, 2.45) is 7.05 Å². The molecule has 0 spiro atoms. The van der Waals surface area contributed by atoms with Crippen LogP contribution < -0.4 is 10.3 Å². The summed E-state index contributed by atoms with van der Waals surface area (Å²) >= 11 is 0. The van der Waals surface area contributed by atoms with E-state index in [4.69, 9.17) is 13.6 Å². The van der Waals surface area contributed by atoms with Gasteiger partial charge in [-0.3, -0.25) is 9.78 Å². The van der Waals surface area contributed by atoms with E-state index in [2.05, 4.69) is 25.3 Å². The molecule has 0 aliphatic carbocycles. The zero-order valence-electron chi connectivity index (χ0n) is 17.0. The van der Waals surface area contributed by atoms with E-state index in [0.29, 0.717) is 33.8 Å². The summed E-state index contributed by atoms with van der Waals surface area (Å²) < 4.78 is 42.8. The van der Waals surface area contributed by atoms with E-state index >= 15 is 0 Å². The van der Waals surface area contributed by atoms with E-state index in [0.717, 1.165) is 0 Å². The fourth-order valence-corrected chi connectivity index (χ4v) is 2.95. The first-order valence-corrected chi connectivity index (χ1v) is 9.61. The van der Waals surface area contributed by atoms with Crippen LogP contribution in [0.15, 0.2) is 62.3 Å². The number of pyridine rings is 1. The van der Waals surface area contributed by atoms with Gasteiger partial charge in [-0.1, -0.05) is 0 Å². The number of benzene rings is 1. The second-order valence-corrected chi connectivity index (χ2v) is 6.90. The van der Waals surface area contributed by atoms with Crippen molar-refractivity contribution in [2.75, 3.05) is 0 Å². The average molecular weight is 452 g/mol. The molecule has 12 heteroatoms. The summed E-state index contributed by atoms with van der Waals surface area (Å²) in [6.45, 7) is 0.154. The van der Waals surface area contributed by atoms with Crippen molar-refractivity contribution in [3.63, 3.8) is 0 Å². The molecule has 0 N–H and O–H groups in total. The lowest BCUT2D eigenvalue weighted by atomic mass is 10.2. The normalized spacial score (nSPS) is 11.4. The van der Waals surface area contributed by atoms with Crippen molar-refractivity contribution in [2.45, 2.75) is 13.0 Å². The average Bonchev–Trinajstić information content (AvgIpc) is 3.47. The third-order valence-electron chi connectivity index (χ3n) is 4.63. The number of alkyl halides is 2. The van der Waals surface area contributed by atoms with Crippen molar-refractivity contribution in [3.05, 3.63) is 70.6 Å². The number of fused-ring (bicyclic) bond motifs is 1. The molecular formula is C21H14F2N6O4. The van der Waals surface area contributed by atoms with Gasteiger partial charge in [0.1, 0.15) is 23.6 Å². The summed E-state index contributed by atoms with van der Waals surface area (Å²) in [6, 6.07) is 11.4. The Morgan fingerprint density at radius 3 is 2.67 bits per heavy atom. The quantitative estimate of drug-likeness (QED) is 0.381. The van der Waals surface area contributed by atoms with Crippen LogP contribution >= 0.6 is 0 Å². The van der Waals surface area contributed by atoms with Crippen LogP contribution in [0.5, 0.6) is 5.75 Å². The Morgan fingerprint density at radius 1 is 1.06 bits per heavy atom. The predicted octanol–water partition coefficient (Wildman–Crippen LogP) is 3.55. The standard InChI is InChI=1S/C21H14F2N6O4/c1-29-17(30)7-6-15(28-29)20-25-14-5-4-13(8-16(14)32-20)31-10-12-3-2-11(9-24-12)19-26-27-21(33-19)18(22)23/h2-9,18H,10H2,1H3. The van der Waals surface area contributed by atoms with Crippen LogP contribution in [0, 0.1) is 0 Å². The van der Waals surface area contributed by atoms with E-state index in [1.165, 1.54) is 16.9 Å². The second kappa shape index (κ2) is 8.22. The number of ether oxygens (including phenoxy) is 1. The maximum atomic E-state index is 12.6. The van der Waals surface area contributed by atoms with Gasteiger partial charge in [-0.15, -0.1) is 10.2 Å². The minimum absolute atomic E-state index is 0.0372. The first kappa shape index (κ1) is 20.4. The molecule has 5 aromatic rings. The van der Waals surface area contributed by atoms with Crippen LogP contribution in [-0.4, -0.2) is 29.9 Å². The number of aryl methyl sites for hydroxylation is 1. The minimum atomic E-state index is -2.83. The predicted molar refractivity (Wildman–Crippen MR) is 109 cm³/mol. The maximum Gasteiger partial charge on any atom is 0.314 e. The van der Waals surface area contributed by atoms with Crippen LogP contribution in [0.1, 0.15) is 18.0 Å². The van der Waals surface area contributed by atoms with Gasteiger partial charge in [0.15, 0.2) is 5.58 Å². The fraction of sp³-hybridized carbons (Fsp3) is 0.143. The van der Waals surface area contributed by atoms with E-state index in [1.54, 1.807) is 43.4 Å². The van der Waals surface area contributed by atoms with Crippen molar-refractivity contribution >= 4 is 11.1 Å². The van der Waals surface area contributed by atoms with Gasteiger partial charge in [0.05, 0.1) is 11.3 Å². The molecule has 1 aromatic carbocycles. The number of rotatable bonds is 6. The molecule has 4 heterocycles. The van der Waals surface area contributed by atoms with E-state index in [-0.39, 0.29) is 23.9 Å². The molecule has 0 aliphatic rings. The molecule has 0 radical (unpaired) electrons. The highest BCUT2D eigenvalue weighted by Crippen LogP contribution is 2.27. The Hall–Kier alpha value is -4.48. The monoisotopic (exact) mass is 452 g/mol. The molecule has 0 amide bonds. The molecule has 0 bridgehead atoms. The van der Waals surface area contributed by atoms with Gasteiger partial charge in [-0.25, -0.2) is 9.67 Å². The smallest absolute Gasteiger partial charge is 0.314 e. The Morgan fingerprint density at radius 2 is 1.94 bits per heavy atom. The Kier molecular flexibility index (Phi) is 5.09. The summed E-state index contributed by atoms with van der Waals surface area (Å²) in [5, 5.41) is 11.0. The molecule has 33 heavy (non-hydrogen) atoms. The summed E-state index contributed by atoms with van der Waals surface area (Å²) in [7, 11) is 1.55. The molecule has 5 rings (SSSR count). The van der Waals surface area contributed by atoms with E-state index in [1.807, 2.05) is 0 Å². The molecule has 166 valence electrons. The van der Waals surface area contributed by atoms with E-state index in [9.17, 15) is 13.6 Å². The van der Waals surface area contributed by atoms with Crippen LogP contribution in [0.25, 0.3) is 34.1 Å². The van der Waals surface area contributed by atoms with Crippen LogP contribution in [0.2, 0.25) is 0 Å². The lowest BCUT2D eigenvalue weighted by molar-refractivity contribution is 0.116. The fourth-order valence-electron chi connectivity index (χ4n) is 2.95. The Labute approximate surface area is 183 Å². The summed E-state index contributed by atoms with van der Waals surface area (Å²) in [5.74, 6) is 0.0364. The second-order valence-electron chi connectivity index (χ2n) is 6.90. The molecule has 0 saturated carbocycles. The minimum Gasteiger partial charge on any atom is -0.487 e. The van der Waals surface area contributed by atoms with E-state index < -0.39 is 12.3 Å². The van der Waals surface area contributed by atoms with Gasteiger partial charge in [0.2, 0.25) is 11.8 Å². The molecule has 4 aromatic heterocycles. The van der Waals surface area contributed by atoms with Crippen molar-refractivity contribution in [3.8, 4) is 28.8 Å². The van der Waals surface area contributed by atoms with Crippen molar-refractivity contribution in [1.29, 1.82) is 0 Å². The topological polar surface area (TPSA) is 122 Å². The summed E-state index contributed by atoms with van der Waals surface area (Å²) in [5.41, 5.74) is 2.32. The van der Waals surface area contributed by atoms with Gasteiger partial charge in [0.25, 0.3) is 11.4 Å². The molecule has 0 saturated heterocycles. The molecule has 0 atom stereocenters. The zero-order chi connectivity index (χ0) is 22.9. The van der Waals surface area contributed by atoms with Gasteiger partial charge in [-0.05, 0) is 30.3 Å². The van der Waals surface area contributed by atoms with Crippen molar-refractivity contribution in [1.82, 2.24) is 29.9 Å². The number of hydrogen-bond donors (Lipinski definition) is 0. The molecular weight excluding hydrogens is 438 g/mol. The number of nitrogens with zero attached hydrogens (tertiary/aromatic N) is 6. The highest BCUT2D eigenvalue weighted by molar-refractivity contribution is 5.77. The van der Waals surface area contributed by atoms with Gasteiger partial charge in [-0.2, -0.15) is 13.9 Å². The Balaban J connectivity index is 1.29. The zero-order valence-corrected chi connectivity index (χ0v) is 17.0. The molecule has 0 aliphatic heterocycles. The first-order chi connectivity index (χ1) is 16.0. The van der Waals surface area contributed by atoms with Crippen LogP contribution in [-0.2, 0) is 13.7 Å². The number of halogens is 2. The SMILES string of the molecule is Cn1nc(-c2nc3ccc(OCc4ccc(-c5nnc(C(F)F)o5)cn4)cc3o2)ccc1=O. The highest BCUT2D eigenvalue weighted by atomic mass is 19.3. The lowest BCUT2D eigenvalue weighted by Gasteiger charge is -2.05. The maximum absolute atomic E-state index is 12.6. The van der Waals surface area contributed by atoms with Crippen molar-refractivity contribution < 1.29 is 22.4 Å². The van der Waals surface area contributed by atoms with Crippen LogP contribution in [0.3, 0.4) is 0 Å². The largest absolute Gasteiger partial charge is 0.487 e. The van der Waals surface area contributed by atoms with Gasteiger partial charge in [0, 0.05) is 25.4 Å². The van der Waals surface area contributed by atoms with Gasteiger partial charge < -0.3 is 13.6 Å². The molecule has 0 unspecified atom stereocenters. The highest BCUT2D eigenvalue weighted by Gasteiger charge is 2.17. The first-order valence-electron chi connectivity index (χ1n) is 9.61. The third-order valence-corrected chi connectivity index (χ3v) is 4.63. The summed E-state index contributed by atoms with van der Waals surface area (Å²) in [6.07, 6.45) is -1.39. The third kappa shape index (κ3) is 4.18.